The molecular formula is C13H19N3S. The predicted octanol–water partition coefficient (Wildman–Crippen LogP) is 2.17. The molecule has 1 fully saturated rings. The zero-order valence-corrected chi connectivity index (χ0v) is 11.2. The van der Waals surface area contributed by atoms with Gasteiger partial charge in [-0.25, -0.2) is 0 Å². The standard InChI is InChI=1S/C13H19N3S/c1-3-15-9-14-13(17)16(10-15)11(2)12-7-5-4-6-8-12/h4-8,11H,3,9-10H2,1-2H3,(H,14,17)/t11-/m0/s1. The highest BCUT2D eigenvalue weighted by Crippen LogP contribution is 2.21. The number of benzene rings is 1. The Bertz CT molecular complexity index is 380. The molecule has 1 aromatic carbocycles. The number of thiocarbonyl (C=S) groups is 1. The molecule has 3 nitrogen and oxygen atoms in total. The van der Waals surface area contributed by atoms with Gasteiger partial charge in [-0.15, -0.1) is 0 Å². The summed E-state index contributed by atoms with van der Waals surface area (Å²) in [5, 5.41) is 4.12. The first-order valence-corrected chi connectivity index (χ1v) is 6.45. The highest BCUT2D eigenvalue weighted by molar-refractivity contribution is 7.80. The molecule has 1 atom stereocenters. The Labute approximate surface area is 108 Å². The fraction of sp³-hybridized carbons (Fsp3) is 0.462. The van der Waals surface area contributed by atoms with E-state index in [0.717, 1.165) is 25.0 Å². The third kappa shape index (κ3) is 2.76. The molecule has 0 aromatic heterocycles. The zero-order valence-electron chi connectivity index (χ0n) is 10.4. The molecule has 0 unspecified atom stereocenters. The number of hydrogen-bond donors (Lipinski definition) is 1. The fourth-order valence-electron chi connectivity index (χ4n) is 2.03. The van der Waals surface area contributed by atoms with E-state index in [4.69, 9.17) is 12.2 Å². The third-order valence-electron chi connectivity index (χ3n) is 3.26. The number of hydrogen-bond acceptors (Lipinski definition) is 2. The largest absolute Gasteiger partial charge is 0.350 e. The van der Waals surface area contributed by atoms with Crippen molar-refractivity contribution in [2.75, 3.05) is 19.9 Å². The minimum absolute atomic E-state index is 0.311. The van der Waals surface area contributed by atoms with E-state index in [-0.39, 0.29) is 0 Å². The zero-order chi connectivity index (χ0) is 12.3. The molecule has 0 spiro atoms. The summed E-state index contributed by atoms with van der Waals surface area (Å²) in [5.74, 6) is 0. The summed E-state index contributed by atoms with van der Waals surface area (Å²) in [4.78, 5) is 4.56. The Morgan fingerprint density at radius 1 is 1.35 bits per heavy atom. The SMILES string of the molecule is CCN1CNC(=S)N([C@@H](C)c2ccccc2)C1. The molecule has 1 N–H and O–H groups in total. The van der Waals surface area contributed by atoms with Gasteiger partial charge in [-0.05, 0) is 31.2 Å². The van der Waals surface area contributed by atoms with Crippen LogP contribution in [0.5, 0.6) is 0 Å². The van der Waals surface area contributed by atoms with Gasteiger partial charge in [0.25, 0.3) is 0 Å². The van der Waals surface area contributed by atoms with Crippen LogP contribution in [0.2, 0.25) is 0 Å². The summed E-state index contributed by atoms with van der Waals surface area (Å²) >= 11 is 5.39. The lowest BCUT2D eigenvalue weighted by Crippen LogP contribution is -2.56. The van der Waals surface area contributed by atoms with Crippen molar-refractivity contribution in [1.29, 1.82) is 0 Å². The molecular weight excluding hydrogens is 230 g/mol. The summed E-state index contributed by atoms with van der Waals surface area (Å²) in [6, 6.07) is 10.8. The van der Waals surface area contributed by atoms with Crippen molar-refractivity contribution in [3.63, 3.8) is 0 Å². The van der Waals surface area contributed by atoms with Crippen LogP contribution in [0.4, 0.5) is 0 Å². The van der Waals surface area contributed by atoms with E-state index < -0.39 is 0 Å². The van der Waals surface area contributed by atoms with Crippen LogP contribution in [-0.2, 0) is 0 Å². The van der Waals surface area contributed by atoms with Crippen LogP contribution in [0.25, 0.3) is 0 Å². The Balaban J connectivity index is 2.12. The van der Waals surface area contributed by atoms with Crippen molar-refractivity contribution in [2.45, 2.75) is 19.9 Å². The van der Waals surface area contributed by atoms with E-state index in [0.29, 0.717) is 6.04 Å². The van der Waals surface area contributed by atoms with Gasteiger partial charge < -0.3 is 10.2 Å². The smallest absolute Gasteiger partial charge is 0.171 e. The van der Waals surface area contributed by atoms with E-state index in [1.165, 1.54) is 5.56 Å². The molecule has 4 heteroatoms. The van der Waals surface area contributed by atoms with Crippen molar-refractivity contribution >= 4 is 17.3 Å². The lowest BCUT2D eigenvalue weighted by Gasteiger charge is -2.41. The van der Waals surface area contributed by atoms with Crippen LogP contribution in [0.1, 0.15) is 25.5 Å². The van der Waals surface area contributed by atoms with E-state index in [1.54, 1.807) is 0 Å². The average molecular weight is 249 g/mol. The first kappa shape index (κ1) is 12.3. The summed E-state index contributed by atoms with van der Waals surface area (Å²) in [6.07, 6.45) is 0. The summed E-state index contributed by atoms with van der Waals surface area (Å²) in [5.41, 5.74) is 1.30. The van der Waals surface area contributed by atoms with Gasteiger partial charge in [-0.1, -0.05) is 37.3 Å². The first-order chi connectivity index (χ1) is 8.22. The van der Waals surface area contributed by atoms with Crippen LogP contribution in [0.3, 0.4) is 0 Å². The molecule has 1 saturated heterocycles. The average Bonchev–Trinajstić information content (AvgIpc) is 2.39. The molecule has 1 aliphatic heterocycles. The lowest BCUT2D eigenvalue weighted by atomic mass is 10.1. The van der Waals surface area contributed by atoms with Crippen molar-refractivity contribution in [1.82, 2.24) is 15.1 Å². The van der Waals surface area contributed by atoms with Gasteiger partial charge in [0, 0.05) is 0 Å². The molecule has 2 rings (SSSR count). The van der Waals surface area contributed by atoms with Crippen molar-refractivity contribution < 1.29 is 0 Å². The van der Waals surface area contributed by atoms with Crippen molar-refractivity contribution in [2.24, 2.45) is 0 Å². The van der Waals surface area contributed by atoms with E-state index in [2.05, 4.69) is 53.2 Å². The predicted molar refractivity (Wildman–Crippen MR) is 74.5 cm³/mol. The Morgan fingerprint density at radius 3 is 2.71 bits per heavy atom. The molecule has 1 aromatic rings. The van der Waals surface area contributed by atoms with Gasteiger partial charge in [-0.2, -0.15) is 0 Å². The Morgan fingerprint density at radius 2 is 2.06 bits per heavy atom. The van der Waals surface area contributed by atoms with Gasteiger partial charge in [0.1, 0.15) is 0 Å². The summed E-state index contributed by atoms with van der Waals surface area (Å²) in [6.45, 7) is 7.16. The fourth-order valence-corrected chi connectivity index (χ4v) is 2.31. The molecule has 0 aliphatic carbocycles. The molecule has 1 heterocycles. The number of nitrogens with zero attached hydrogens (tertiary/aromatic N) is 2. The van der Waals surface area contributed by atoms with Gasteiger partial charge in [0.2, 0.25) is 0 Å². The monoisotopic (exact) mass is 249 g/mol. The summed E-state index contributed by atoms with van der Waals surface area (Å²) < 4.78 is 0. The quantitative estimate of drug-likeness (QED) is 0.827. The number of rotatable bonds is 3. The Kier molecular flexibility index (Phi) is 3.97. The van der Waals surface area contributed by atoms with Crippen molar-refractivity contribution in [3.05, 3.63) is 35.9 Å². The van der Waals surface area contributed by atoms with Gasteiger partial charge in [0.05, 0.1) is 19.4 Å². The van der Waals surface area contributed by atoms with Crippen LogP contribution in [0, 0.1) is 0 Å². The third-order valence-corrected chi connectivity index (χ3v) is 3.64. The molecule has 17 heavy (non-hydrogen) atoms. The second-order valence-electron chi connectivity index (χ2n) is 4.32. The molecule has 1 aliphatic rings. The summed E-state index contributed by atoms with van der Waals surface area (Å²) in [7, 11) is 0. The van der Waals surface area contributed by atoms with Crippen LogP contribution >= 0.6 is 12.2 Å². The van der Waals surface area contributed by atoms with E-state index in [1.807, 2.05) is 6.07 Å². The molecule has 0 amide bonds. The van der Waals surface area contributed by atoms with Gasteiger partial charge in [-0.3, -0.25) is 4.90 Å². The normalized spacial score (nSPS) is 18.9. The lowest BCUT2D eigenvalue weighted by molar-refractivity contribution is 0.134. The second-order valence-corrected chi connectivity index (χ2v) is 4.71. The Hall–Kier alpha value is -1.13. The first-order valence-electron chi connectivity index (χ1n) is 6.04. The maximum Gasteiger partial charge on any atom is 0.171 e. The maximum absolute atomic E-state index is 5.39. The maximum atomic E-state index is 5.39. The minimum Gasteiger partial charge on any atom is -0.350 e. The second kappa shape index (κ2) is 5.47. The van der Waals surface area contributed by atoms with Crippen LogP contribution in [-0.4, -0.2) is 34.8 Å². The number of nitrogens with one attached hydrogen (secondary N) is 1. The highest BCUT2D eigenvalue weighted by Gasteiger charge is 2.24. The van der Waals surface area contributed by atoms with E-state index >= 15 is 0 Å². The highest BCUT2D eigenvalue weighted by atomic mass is 32.1. The van der Waals surface area contributed by atoms with Crippen LogP contribution in [0.15, 0.2) is 30.3 Å². The molecule has 0 saturated carbocycles. The topological polar surface area (TPSA) is 18.5 Å². The van der Waals surface area contributed by atoms with E-state index in [9.17, 15) is 0 Å². The minimum atomic E-state index is 0.311. The molecule has 92 valence electrons. The van der Waals surface area contributed by atoms with Gasteiger partial charge in [0.15, 0.2) is 5.11 Å². The molecule has 0 radical (unpaired) electrons. The molecule has 0 bridgehead atoms. The van der Waals surface area contributed by atoms with Crippen molar-refractivity contribution in [3.8, 4) is 0 Å². The van der Waals surface area contributed by atoms with Gasteiger partial charge >= 0.3 is 0 Å². The van der Waals surface area contributed by atoms with Crippen LogP contribution < -0.4 is 5.32 Å².